The van der Waals surface area contributed by atoms with Gasteiger partial charge in [-0.25, -0.2) is 4.79 Å². The molecule has 0 unspecified atom stereocenters. The Morgan fingerprint density at radius 1 is 1.15 bits per heavy atom. The Kier molecular flexibility index (Phi) is 5.37. The van der Waals surface area contributed by atoms with Gasteiger partial charge in [-0.2, -0.15) is 0 Å². The number of H-pyrrole nitrogens is 1. The average Bonchev–Trinajstić information content (AvgIpc) is 3.31. The van der Waals surface area contributed by atoms with Gasteiger partial charge in [0.15, 0.2) is 0 Å². The zero-order chi connectivity index (χ0) is 23.2. The molecule has 2 aliphatic rings. The Hall–Kier alpha value is -3.32. The first-order valence-electron chi connectivity index (χ1n) is 11.6. The van der Waals surface area contributed by atoms with E-state index in [1.165, 1.54) is 4.90 Å². The Morgan fingerprint density at radius 3 is 2.64 bits per heavy atom. The van der Waals surface area contributed by atoms with Crippen LogP contribution in [0.3, 0.4) is 0 Å². The predicted molar refractivity (Wildman–Crippen MR) is 127 cm³/mol. The van der Waals surface area contributed by atoms with Crippen molar-refractivity contribution in [1.82, 2.24) is 20.1 Å². The summed E-state index contributed by atoms with van der Waals surface area (Å²) in [6, 6.07) is 15.4. The number of fused-ring (bicyclic) bond motifs is 4. The molecule has 33 heavy (non-hydrogen) atoms. The fraction of sp³-hybridized carbons (Fsp3) is 0.385. The normalized spacial score (nSPS) is 22.1. The molecule has 1 saturated heterocycles. The van der Waals surface area contributed by atoms with Crippen molar-refractivity contribution < 1.29 is 14.3 Å². The van der Waals surface area contributed by atoms with E-state index in [1.54, 1.807) is 7.11 Å². The van der Waals surface area contributed by atoms with Crippen molar-refractivity contribution >= 4 is 22.8 Å². The molecular weight excluding hydrogens is 416 g/mol. The number of carbonyl (C=O) groups excluding carboxylic acids is 2. The Bertz CT molecular complexity index is 1200. The molecule has 5 rings (SSSR count). The number of rotatable bonds is 7. The van der Waals surface area contributed by atoms with Crippen LogP contribution in [0, 0.1) is 0 Å². The Morgan fingerprint density at radius 2 is 1.94 bits per heavy atom. The zero-order valence-corrected chi connectivity index (χ0v) is 19.4. The van der Waals surface area contributed by atoms with Crippen LogP contribution in [0.2, 0.25) is 0 Å². The van der Waals surface area contributed by atoms with Gasteiger partial charge in [-0.15, -0.1) is 0 Å². The van der Waals surface area contributed by atoms with Crippen LogP contribution in [-0.4, -0.2) is 59.0 Å². The van der Waals surface area contributed by atoms with Crippen molar-refractivity contribution in [2.75, 3.05) is 26.7 Å². The molecule has 3 amide bonds. The van der Waals surface area contributed by atoms with Gasteiger partial charge < -0.3 is 15.0 Å². The van der Waals surface area contributed by atoms with Crippen LogP contribution < -0.4 is 10.1 Å². The summed E-state index contributed by atoms with van der Waals surface area (Å²) in [5, 5.41) is 4.28. The lowest BCUT2D eigenvalue weighted by molar-refractivity contribution is -0.134. The first-order chi connectivity index (χ1) is 16.1. The minimum atomic E-state index is -0.908. The molecule has 7 nitrogen and oxygen atoms in total. The number of nitrogens with zero attached hydrogens (tertiary/aromatic N) is 2. The first kappa shape index (κ1) is 21.5. The van der Waals surface area contributed by atoms with Crippen LogP contribution in [0.4, 0.5) is 4.79 Å². The van der Waals surface area contributed by atoms with Crippen LogP contribution in [0.5, 0.6) is 5.75 Å². The van der Waals surface area contributed by atoms with Crippen molar-refractivity contribution in [3.63, 3.8) is 0 Å². The maximum absolute atomic E-state index is 13.9. The number of hydrogen-bond donors (Lipinski definition) is 2. The van der Waals surface area contributed by atoms with Gasteiger partial charge in [0, 0.05) is 36.1 Å². The van der Waals surface area contributed by atoms with E-state index < -0.39 is 5.54 Å². The SMILES string of the molecule is CCNCCN1C(=O)N2[C@H](c3ccccc3)c3[nH]c4ccc(OC)cc4c3C[C@@]2(CC)C1=O. The summed E-state index contributed by atoms with van der Waals surface area (Å²) in [6.45, 7) is 5.77. The van der Waals surface area contributed by atoms with Gasteiger partial charge in [0.1, 0.15) is 17.3 Å². The summed E-state index contributed by atoms with van der Waals surface area (Å²) < 4.78 is 5.48. The highest BCUT2D eigenvalue weighted by molar-refractivity contribution is 6.08. The molecule has 7 heteroatoms. The largest absolute Gasteiger partial charge is 0.497 e. The lowest BCUT2D eigenvalue weighted by Crippen LogP contribution is -2.55. The molecule has 0 saturated carbocycles. The topological polar surface area (TPSA) is 77.7 Å². The van der Waals surface area contributed by atoms with Crippen LogP contribution in [0.15, 0.2) is 48.5 Å². The zero-order valence-electron chi connectivity index (χ0n) is 19.4. The quantitative estimate of drug-likeness (QED) is 0.427. The smallest absolute Gasteiger partial charge is 0.328 e. The van der Waals surface area contributed by atoms with E-state index in [1.807, 2.05) is 67.3 Å². The molecule has 0 bridgehead atoms. The Labute approximate surface area is 193 Å². The number of imide groups is 1. The number of hydrogen-bond acceptors (Lipinski definition) is 4. The number of methoxy groups -OCH3 is 1. The molecule has 3 aromatic rings. The number of aromatic nitrogens is 1. The summed E-state index contributed by atoms with van der Waals surface area (Å²) in [6.07, 6.45) is 1.03. The standard InChI is InChI=1S/C26H30N4O3/c1-4-26-16-20-19-15-18(33-3)11-12-21(19)28-22(20)23(17-9-7-6-8-10-17)30(26)25(32)29(24(26)31)14-13-27-5-2/h6-12,15,23,27-28H,4-5,13-14,16H2,1-3H3/t23-,26+/m1/s1. The molecular formula is C26H30N4O3. The molecule has 2 aliphatic heterocycles. The molecule has 2 N–H and O–H groups in total. The molecule has 1 fully saturated rings. The van der Waals surface area contributed by atoms with Gasteiger partial charge in [0.05, 0.1) is 7.11 Å². The number of likely N-dealkylation sites (N-methyl/N-ethyl adjacent to an activating group) is 1. The van der Waals surface area contributed by atoms with E-state index in [0.29, 0.717) is 25.9 Å². The summed E-state index contributed by atoms with van der Waals surface area (Å²) in [5.41, 5.74) is 3.13. The summed E-state index contributed by atoms with van der Waals surface area (Å²) >= 11 is 0. The summed E-state index contributed by atoms with van der Waals surface area (Å²) in [7, 11) is 1.66. The molecule has 3 heterocycles. The van der Waals surface area contributed by atoms with Crippen molar-refractivity contribution in [3.05, 3.63) is 65.4 Å². The third-order valence-corrected chi connectivity index (χ3v) is 7.15. The monoisotopic (exact) mass is 446 g/mol. The molecule has 0 radical (unpaired) electrons. The van der Waals surface area contributed by atoms with E-state index in [9.17, 15) is 9.59 Å². The van der Waals surface area contributed by atoms with Gasteiger partial charge >= 0.3 is 6.03 Å². The molecule has 0 spiro atoms. The second kappa shape index (κ2) is 8.23. The summed E-state index contributed by atoms with van der Waals surface area (Å²) in [4.78, 5) is 34.5. The number of carbonyl (C=O) groups is 2. The van der Waals surface area contributed by atoms with E-state index in [2.05, 4.69) is 10.3 Å². The Balaban J connectivity index is 1.71. The van der Waals surface area contributed by atoms with Gasteiger partial charge in [-0.1, -0.05) is 44.2 Å². The van der Waals surface area contributed by atoms with Crippen molar-refractivity contribution in [2.24, 2.45) is 0 Å². The second-order valence-electron chi connectivity index (χ2n) is 8.77. The lowest BCUT2D eigenvalue weighted by Gasteiger charge is -2.44. The number of nitrogens with one attached hydrogen (secondary N) is 2. The third kappa shape index (κ3) is 3.14. The number of benzene rings is 2. The highest BCUT2D eigenvalue weighted by atomic mass is 16.5. The first-order valence-corrected chi connectivity index (χ1v) is 11.6. The maximum atomic E-state index is 13.9. The third-order valence-electron chi connectivity index (χ3n) is 7.15. The fourth-order valence-electron chi connectivity index (χ4n) is 5.46. The van der Waals surface area contributed by atoms with Crippen LogP contribution in [-0.2, 0) is 11.2 Å². The van der Waals surface area contributed by atoms with Gasteiger partial charge in [-0.05, 0) is 42.3 Å². The van der Waals surface area contributed by atoms with E-state index in [4.69, 9.17) is 4.74 Å². The van der Waals surface area contributed by atoms with Crippen LogP contribution in [0.25, 0.3) is 10.9 Å². The van der Waals surface area contributed by atoms with E-state index in [0.717, 1.165) is 40.0 Å². The van der Waals surface area contributed by atoms with E-state index >= 15 is 0 Å². The summed E-state index contributed by atoms with van der Waals surface area (Å²) in [5.74, 6) is 0.673. The number of ether oxygens (including phenoxy) is 1. The molecule has 2 aromatic carbocycles. The van der Waals surface area contributed by atoms with Crippen molar-refractivity contribution in [3.8, 4) is 5.75 Å². The van der Waals surface area contributed by atoms with Crippen molar-refractivity contribution in [2.45, 2.75) is 38.3 Å². The van der Waals surface area contributed by atoms with E-state index in [-0.39, 0.29) is 18.0 Å². The second-order valence-corrected chi connectivity index (χ2v) is 8.77. The lowest BCUT2D eigenvalue weighted by atomic mass is 9.78. The molecule has 172 valence electrons. The highest BCUT2D eigenvalue weighted by Gasteiger charge is 2.61. The van der Waals surface area contributed by atoms with Crippen LogP contribution in [0.1, 0.15) is 43.1 Å². The minimum Gasteiger partial charge on any atom is -0.497 e. The number of amides is 3. The predicted octanol–water partition coefficient (Wildman–Crippen LogP) is 3.84. The minimum absolute atomic E-state index is 0.100. The maximum Gasteiger partial charge on any atom is 0.328 e. The van der Waals surface area contributed by atoms with Crippen molar-refractivity contribution in [1.29, 1.82) is 0 Å². The molecule has 1 aromatic heterocycles. The average molecular weight is 447 g/mol. The number of urea groups is 1. The molecule has 2 atom stereocenters. The molecule has 0 aliphatic carbocycles. The number of aromatic amines is 1. The van der Waals surface area contributed by atoms with Gasteiger partial charge in [-0.3, -0.25) is 14.6 Å². The highest BCUT2D eigenvalue weighted by Crippen LogP contribution is 2.50. The van der Waals surface area contributed by atoms with Crippen LogP contribution >= 0.6 is 0 Å². The van der Waals surface area contributed by atoms with Gasteiger partial charge in [0.25, 0.3) is 5.91 Å². The fourth-order valence-corrected chi connectivity index (χ4v) is 5.46. The van der Waals surface area contributed by atoms with Gasteiger partial charge in [0.2, 0.25) is 0 Å².